The topological polar surface area (TPSA) is 101 Å². The number of hydrogen-bond acceptors (Lipinski definition) is 4. The van der Waals surface area contributed by atoms with Gasteiger partial charge in [0, 0.05) is 12.6 Å². The summed E-state index contributed by atoms with van der Waals surface area (Å²) in [4.78, 5) is 26.1. The molecule has 1 rings (SSSR count). The number of nitrogens with one attached hydrogen (secondary N) is 2. The van der Waals surface area contributed by atoms with Crippen LogP contribution in [0.1, 0.15) is 19.8 Å². The summed E-state index contributed by atoms with van der Waals surface area (Å²) >= 11 is 0. The van der Waals surface area contributed by atoms with Crippen molar-refractivity contribution in [2.45, 2.75) is 19.8 Å². The molecular formula is C13H19N3O4. The minimum atomic E-state index is -0.821. The third-order valence-electron chi connectivity index (χ3n) is 2.72. The van der Waals surface area contributed by atoms with Crippen LogP contribution >= 0.6 is 0 Å². The van der Waals surface area contributed by atoms with Crippen molar-refractivity contribution in [3.05, 3.63) is 18.3 Å². The van der Waals surface area contributed by atoms with E-state index in [1.807, 2.05) is 0 Å². The number of rotatable bonds is 7. The Morgan fingerprint density at radius 3 is 2.75 bits per heavy atom. The normalized spacial score (nSPS) is 11.5. The van der Waals surface area contributed by atoms with E-state index >= 15 is 0 Å². The van der Waals surface area contributed by atoms with E-state index in [2.05, 4.69) is 15.6 Å². The molecule has 0 aliphatic rings. The van der Waals surface area contributed by atoms with E-state index in [1.54, 1.807) is 19.1 Å². The molecule has 0 aliphatic carbocycles. The first-order valence-corrected chi connectivity index (χ1v) is 6.30. The lowest BCUT2D eigenvalue weighted by Crippen LogP contribution is -2.30. The number of carbonyl (C=O) groups excluding carboxylic acids is 1. The van der Waals surface area contributed by atoms with E-state index < -0.39 is 11.9 Å². The maximum Gasteiger partial charge on any atom is 0.319 e. The summed E-state index contributed by atoms with van der Waals surface area (Å²) in [5.41, 5.74) is 0.558. The Kier molecular flexibility index (Phi) is 6.28. The molecule has 0 aromatic carbocycles. The molecule has 0 saturated heterocycles. The molecule has 20 heavy (non-hydrogen) atoms. The van der Waals surface area contributed by atoms with Gasteiger partial charge >= 0.3 is 12.0 Å². The van der Waals surface area contributed by atoms with E-state index in [1.165, 1.54) is 13.3 Å². The number of aliphatic carboxylic acids is 1. The SMILES string of the molecule is COc1ccc(NC(=O)NCCCC(C)C(=O)O)cn1. The number of urea groups is 1. The van der Waals surface area contributed by atoms with Crippen molar-refractivity contribution in [2.24, 2.45) is 5.92 Å². The van der Waals surface area contributed by atoms with E-state index in [0.717, 1.165) is 0 Å². The average molecular weight is 281 g/mol. The standard InChI is InChI=1S/C13H19N3O4/c1-9(12(17)18)4-3-7-14-13(19)16-10-5-6-11(20-2)15-8-10/h5-6,8-9H,3-4,7H2,1-2H3,(H,17,18)(H2,14,16,19). The quantitative estimate of drug-likeness (QED) is 0.661. The number of hydrogen-bond donors (Lipinski definition) is 3. The van der Waals surface area contributed by atoms with Crippen LogP contribution in [0, 0.1) is 5.92 Å². The first-order valence-electron chi connectivity index (χ1n) is 6.30. The predicted octanol–water partition coefficient (Wildman–Crippen LogP) is 1.71. The van der Waals surface area contributed by atoms with Crippen LogP contribution in [0.4, 0.5) is 10.5 Å². The highest BCUT2D eigenvalue weighted by Crippen LogP contribution is 2.10. The zero-order valence-corrected chi connectivity index (χ0v) is 11.5. The van der Waals surface area contributed by atoms with Gasteiger partial charge in [-0.2, -0.15) is 0 Å². The van der Waals surface area contributed by atoms with Crippen molar-refractivity contribution in [3.8, 4) is 5.88 Å². The lowest BCUT2D eigenvalue weighted by atomic mass is 10.1. The summed E-state index contributed by atoms with van der Waals surface area (Å²) < 4.78 is 4.91. The van der Waals surface area contributed by atoms with Gasteiger partial charge in [-0.25, -0.2) is 9.78 Å². The number of carbonyl (C=O) groups is 2. The molecule has 0 saturated carbocycles. The Labute approximate surface area is 117 Å². The average Bonchev–Trinajstić information content (AvgIpc) is 2.44. The van der Waals surface area contributed by atoms with Gasteiger partial charge in [-0.1, -0.05) is 6.92 Å². The fourth-order valence-electron chi connectivity index (χ4n) is 1.48. The van der Waals surface area contributed by atoms with Crippen LogP contribution in [-0.2, 0) is 4.79 Å². The summed E-state index contributed by atoms with van der Waals surface area (Å²) in [5.74, 6) is -0.747. The molecule has 1 aromatic rings. The van der Waals surface area contributed by atoms with Crippen LogP contribution in [0.2, 0.25) is 0 Å². The van der Waals surface area contributed by atoms with Crippen molar-refractivity contribution in [3.63, 3.8) is 0 Å². The third-order valence-corrected chi connectivity index (χ3v) is 2.72. The molecule has 1 aromatic heterocycles. The second-order valence-corrected chi connectivity index (χ2v) is 4.35. The molecule has 1 atom stereocenters. The maximum atomic E-state index is 11.5. The van der Waals surface area contributed by atoms with Crippen LogP contribution in [-0.4, -0.2) is 35.7 Å². The van der Waals surface area contributed by atoms with Crippen LogP contribution in [0.15, 0.2) is 18.3 Å². The van der Waals surface area contributed by atoms with Crippen LogP contribution in [0.3, 0.4) is 0 Å². The number of pyridine rings is 1. The Morgan fingerprint density at radius 1 is 1.45 bits per heavy atom. The van der Waals surface area contributed by atoms with E-state index in [0.29, 0.717) is 31.0 Å². The lowest BCUT2D eigenvalue weighted by Gasteiger charge is -2.09. The van der Waals surface area contributed by atoms with Gasteiger partial charge in [0.1, 0.15) is 0 Å². The molecule has 0 bridgehead atoms. The zero-order valence-electron chi connectivity index (χ0n) is 11.5. The molecule has 0 fully saturated rings. The number of anilines is 1. The number of aromatic nitrogens is 1. The first-order chi connectivity index (χ1) is 9.52. The molecule has 7 nitrogen and oxygen atoms in total. The third kappa shape index (κ3) is 5.55. The zero-order chi connectivity index (χ0) is 15.0. The fraction of sp³-hybridized carbons (Fsp3) is 0.462. The van der Waals surface area contributed by atoms with Crippen molar-refractivity contribution in [1.82, 2.24) is 10.3 Å². The van der Waals surface area contributed by atoms with Gasteiger partial charge in [0.05, 0.1) is 24.9 Å². The summed E-state index contributed by atoms with van der Waals surface area (Å²) in [6.07, 6.45) is 2.63. The Bertz CT molecular complexity index is 447. The lowest BCUT2D eigenvalue weighted by molar-refractivity contribution is -0.141. The summed E-state index contributed by atoms with van der Waals surface area (Å²) in [6.45, 7) is 2.07. The molecule has 0 aliphatic heterocycles. The van der Waals surface area contributed by atoms with Gasteiger partial charge in [0.15, 0.2) is 0 Å². The van der Waals surface area contributed by atoms with Gasteiger partial charge in [-0.3, -0.25) is 4.79 Å². The maximum absolute atomic E-state index is 11.5. The number of carboxylic acid groups (broad SMARTS) is 1. The van der Waals surface area contributed by atoms with Crippen LogP contribution < -0.4 is 15.4 Å². The summed E-state index contributed by atoms with van der Waals surface area (Å²) in [6, 6.07) is 2.97. The van der Waals surface area contributed by atoms with Gasteiger partial charge in [-0.05, 0) is 18.9 Å². The molecule has 2 amide bonds. The van der Waals surface area contributed by atoms with Crippen molar-refractivity contribution in [2.75, 3.05) is 19.0 Å². The van der Waals surface area contributed by atoms with Gasteiger partial charge in [0.25, 0.3) is 0 Å². The Hall–Kier alpha value is -2.31. The van der Waals surface area contributed by atoms with Crippen LogP contribution in [0.5, 0.6) is 5.88 Å². The predicted molar refractivity (Wildman–Crippen MR) is 73.8 cm³/mol. The number of ether oxygens (including phenoxy) is 1. The second kappa shape index (κ2) is 7.98. The number of amides is 2. The fourth-order valence-corrected chi connectivity index (χ4v) is 1.48. The van der Waals surface area contributed by atoms with E-state index in [-0.39, 0.29) is 6.03 Å². The molecule has 110 valence electrons. The highest BCUT2D eigenvalue weighted by atomic mass is 16.5. The number of nitrogens with zero attached hydrogens (tertiary/aromatic N) is 1. The van der Waals surface area contributed by atoms with Crippen molar-refractivity contribution < 1.29 is 19.4 Å². The smallest absolute Gasteiger partial charge is 0.319 e. The van der Waals surface area contributed by atoms with Crippen molar-refractivity contribution in [1.29, 1.82) is 0 Å². The second-order valence-electron chi connectivity index (χ2n) is 4.35. The molecule has 0 spiro atoms. The minimum absolute atomic E-state index is 0.347. The number of carboxylic acids is 1. The Balaban J connectivity index is 2.24. The van der Waals surface area contributed by atoms with E-state index in [4.69, 9.17) is 9.84 Å². The first kappa shape index (κ1) is 15.7. The largest absolute Gasteiger partial charge is 0.481 e. The summed E-state index contributed by atoms with van der Waals surface area (Å²) in [5, 5.41) is 14.0. The highest BCUT2D eigenvalue weighted by Gasteiger charge is 2.10. The molecule has 1 unspecified atom stereocenters. The van der Waals surface area contributed by atoms with Crippen molar-refractivity contribution >= 4 is 17.7 Å². The summed E-state index contributed by atoms with van der Waals surface area (Å²) in [7, 11) is 1.51. The minimum Gasteiger partial charge on any atom is -0.481 e. The number of methoxy groups -OCH3 is 1. The molecule has 0 radical (unpaired) electrons. The molecule has 7 heteroatoms. The van der Waals surface area contributed by atoms with Gasteiger partial charge in [0.2, 0.25) is 5.88 Å². The van der Waals surface area contributed by atoms with Gasteiger partial charge in [-0.15, -0.1) is 0 Å². The van der Waals surface area contributed by atoms with Crippen LogP contribution in [0.25, 0.3) is 0 Å². The molecular weight excluding hydrogens is 262 g/mol. The highest BCUT2D eigenvalue weighted by molar-refractivity contribution is 5.88. The molecule has 3 N–H and O–H groups in total. The van der Waals surface area contributed by atoms with E-state index in [9.17, 15) is 9.59 Å². The monoisotopic (exact) mass is 281 g/mol. The Morgan fingerprint density at radius 2 is 2.20 bits per heavy atom. The van der Waals surface area contributed by atoms with Gasteiger partial charge < -0.3 is 20.5 Å². The molecule has 1 heterocycles.